The van der Waals surface area contributed by atoms with Gasteiger partial charge < -0.3 is 10.1 Å². The van der Waals surface area contributed by atoms with Crippen molar-refractivity contribution >= 4 is 11.6 Å². The van der Waals surface area contributed by atoms with Crippen LogP contribution in [0.1, 0.15) is 24.8 Å². The highest BCUT2D eigenvalue weighted by molar-refractivity contribution is 6.32. The van der Waals surface area contributed by atoms with Crippen molar-refractivity contribution in [3.05, 3.63) is 28.8 Å². The van der Waals surface area contributed by atoms with Crippen molar-refractivity contribution in [2.75, 3.05) is 13.1 Å². The van der Waals surface area contributed by atoms with Crippen LogP contribution in [0.3, 0.4) is 0 Å². The monoisotopic (exact) mass is 238 g/mol. The summed E-state index contributed by atoms with van der Waals surface area (Å²) in [4.78, 5) is 0. The fourth-order valence-corrected chi connectivity index (χ4v) is 3.08. The Labute approximate surface area is 101 Å². The molecule has 0 aromatic heterocycles. The Kier molecular flexibility index (Phi) is 2.56. The molecule has 0 saturated carbocycles. The van der Waals surface area contributed by atoms with Gasteiger partial charge in [-0.05, 0) is 24.5 Å². The molecule has 1 saturated heterocycles. The molecule has 1 aromatic rings. The Balaban J connectivity index is 1.92. The van der Waals surface area contributed by atoms with Gasteiger partial charge in [-0.3, -0.25) is 0 Å². The molecule has 2 nitrogen and oxygen atoms in total. The molecule has 0 aliphatic carbocycles. The first-order chi connectivity index (χ1) is 7.79. The molecular weight excluding hydrogens is 222 g/mol. The first kappa shape index (κ1) is 10.4. The third-order valence-electron chi connectivity index (χ3n) is 3.83. The minimum Gasteiger partial charge on any atom is -0.485 e. The summed E-state index contributed by atoms with van der Waals surface area (Å²) in [6.45, 7) is 2.36. The van der Waals surface area contributed by atoms with E-state index in [1.54, 1.807) is 0 Å². The summed E-state index contributed by atoms with van der Waals surface area (Å²) in [7, 11) is 0. The minimum atomic E-state index is 0.0761. The van der Waals surface area contributed by atoms with E-state index in [1.807, 2.05) is 12.1 Å². The molecule has 0 amide bonds. The number of quaternary nitrogens is 1. The molecular formula is C13H17ClNO+. The lowest BCUT2D eigenvalue weighted by atomic mass is 9.84. The zero-order valence-corrected chi connectivity index (χ0v) is 10.1. The highest BCUT2D eigenvalue weighted by Crippen LogP contribution is 2.41. The van der Waals surface area contributed by atoms with Gasteiger partial charge in [0.1, 0.15) is 11.4 Å². The number of hydrogen-bond acceptors (Lipinski definition) is 1. The smallest absolute Gasteiger partial charge is 0.141 e. The van der Waals surface area contributed by atoms with E-state index >= 15 is 0 Å². The summed E-state index contributed by atoms with van der Waals surface area (Å²) in [5, 5.41) is 3.14. The molecule has 0 bridgehead atoms. The van der Waals surface area contributed by atoms with Crippen LogP contribution in [-0.4, -0.2) is 18.7 Å². The summed E-state index contributed by atoms with van der Waals surface area (Å²) in [6.07, 6.45) is 4.55. The number of fused-ring (bicyclic) bond motifs is 1. The second-order valence-electron chi connectivity index (χ2n) is 4.88. The molecule has 2 heterocycles. The molecule has 2 aliphatic heterocycles. The number of hydrogen-bond donors (Lipinski definition) is 1. The maximum absolute atomic E-state index is 6.24. The van der Waals surface area contributed by atoms with E-state index in [2.05, 4.69) is 11.4 Å². The van der Waals surface area contributed by atoms with Crippen LogP contribution in [0.2, 0.25) is 5.02 Å². The molecule has 1 fully saturated rings. The van der Waals surface area contributed by atoms with Crippen molar-refractivity contribution in [1.29, 1.82) is 0 Å². The lowest BCUT2D eigenvalue weighted by Crippen LogP contribution is -2.88. The summed E-state index contributed by atoms with van der Waals surface area (Å²) < 4.78 is 6.24. The van der Waals surface area contributed by atoms with Crippen molar-refractivity contribution in [3.8, 4) is 5.75 Å². The molecule has 3 heteroatoms. The van der Waals surface area contributed by atoms with Crippen LogP contribution < -0.4 is 10.1 Å². The summed E-state index contributed by atoms with van der Waals surface area (Å²) >= 11 is 6.21. The predicted molar refractivity (Wildman–Crippen MR) is 64.0 cm³/mol. The van der Waals surface area contributed by atoms with Gasteiger partial charge in [-0.2, -0.15) is 0 Å². The minimum absolute atomic E-state index is 0.0761. The number of nitrogens with two attached hydrogens (primary N) is 1. The molecule has 16 heavy (non-hydrogen) atoms. The van der Waals surface area contributed by atoms with Crippen LogP contribution in [0.4, 0.5) is 0 Å². The zero-order valence-electron chi connectivity index (χ0n) is 9.34. The van der Waals surface area contributed by atoms with Gasteiger partial charge in [-0.15, -0.1) is 0 Å². The van der Waals surface area contributed by atoms with E-state index < -0.39 is 0 Å². The van der Waals surface area contributed by atoms with Gasteiger partial charge in [0.05, 0.1) is 18.1 Å². The third-order valence-corrected chi connectivity index (χ3v) is 4.12. The van der Waals surface area contributed by atoms with Crippen molar-refractivity contribution < 1.29 is 10.1 Å². The molecule has 2 N–H and O–H groups in total. The molecule has 86 valence electrons. The van der Waals surface area contributed by atoms with Crippen molar-refractivity contribution in [1.82, 2.24) is 0 Å². The van der Waals surface area contributed by atoms with Crippen molar-refractivity contribution in [3.63, 3.8) is 0 Å². The van der Waals surface area contributed by atoms with E-state index in [1.165, 1.54) is 18.7 Å². The molecule has 1 spiro atoms. The van der Waals surface area contributed by atoms with Gasteiger partial charge in [0, 0.05) is 12.8 Å². The molecule has 3 rings (SSSR count). The predicted octanol–water partition coefficient (Wildman–Crippen LogP) is 1.76. The number of halogens is 1. The highest BCUT2D eigenvalue weighted by atomic mass is 35.5. The van der Waals surface area contributed by atoms with Crippen LogP contribution in [0.5, 0.6) is 5.75 Å². The number of para-hydroxylation sites is 1. The number of piperidine rings is 1. The molecule has 0 unspecified atom stereocenters. The maximum Gasteiger partial charge on any atom is 0.141 e. The standard InChI is InChI=1S/C13H16ClNO/c14-11-3-1-2-10-4-5-13(16-12(10)11)6-8-15-9-7-13/h1-3,15H,4-9H2/p+1. The lowest BCUT2D eigenvalue weighted by Gasteiger charge is -2.40. The Hall–Kier alpha value is -0.730. The van der Waals surface area contributed by atoms with Gasteiger partial charge in [0.25, 0.3) is 0 Å². The number of ether oxygens (including phenoxy) is 1. The van der Waals surface area contributed by atoms with Crippen LogP contribution in [0.25, 0.3) is 0 Å². The van der Waals surface area contributed by atoms with Crippen LogP contribution in [0, 0.1) is 0 Å². The molecule has 0 atom stereocenters. The van der Waals surface area contributed by atoms with E-state index in [4.69, 9.17) is 16.3 Å². The average molecular weight is 239 g/mol. The van der Waals surface area contributed by atoms with Gasteiger partial charge in [-0.1, -0.05) is 23.7 Å². The van der Waals surface area contributed by atoms with E-state index in [0.29, 0.717) is 0 Å². The normalized spacial score (nSPS) is 22.6. The van der Waals surface area contributed by atoms with Crippen LogP contribution in [0.15, 0.2) is 18.2 Å². The van der Waals surface area contributed by atoms with Gasteiger partial charge in [0.15, 0.2) is 0 Å². The second-order valence-corrected chi connectivity index (χ2v) is 5.29. The van der Waals surface area contributed by atoms with Crippen LogP contribution >= 0.6 is 11.6 Å². The number of benzene rings is 1. The maximum atomic E-state index is 6.24. The van der Waals surface area contributed by atoms with Crippen LogP contribution in [-0.2, 0) is 6.42 Å². The van der Waals surface area contributed by atoms with Crippen molar-refractivity contribution in [2.24, 2.45) is 0 Å². The second kappa shape index (κ2) is 3.94. The fraction of sp³-hybridized carbons (Fsp3) is 0.538. The lowest BCUT2D eigenvalue weighted by molar-refractivity contribution is -0.667. The number of aryl methyl sites for hydroxylation is 1. The van der Waals surface area contributed by atoms with E-state index in [9.17, 15) is 0 Å². The quantitative estimate of drug-likeness (QED) is 0.733. The first-order valence-electron chi connectivity index (χ1n) is 6.07. The average Bonchev–Trinajstić information content (AvgIpc) is 2.32. The number of rotatable bonds is 0. The summed E-state index contributed by atoms with van der Waals surface area (Å²) in [5.41, 5.74) is 1.35. The first-order valence-corrected chi connectivity index (χ1v) is 6.45. The van der Waals surface area contributed by atoms with E-state index in [0.717, 1.165) is 36.5 Å². The highest BCUT2D eigenvalue weighted by Gasteiger charge is 2.39. The van der Waals surface area contributed by atoms with Gasteiger partial charge in [0.2, 0.25) is 0 Å². The Bertz CT molecular complexity index is 399. The third kappa shape index (κ3) is 1.70. The molecule has 0 radical (unpaired) electrons. The molecule has 2 aliphatic rings. The van der Waals surface area contributed by atoms with E-state index in [-0.39, 0.29) is 5.60 Å². The summed E-state index contributed by atoms with van der Waals surface area (Å²) in [6, 6.07) is 6.06. The topological polar surface area (TPSA) is 25.8 Å². The van der Waals surface area contributed by atoms with Crippen molar-refractivity contribution in [2.45, 2.75) is 31.3 Å². The largest absolute Gasteiger partial charge is 0.485 e. The van der Waals surface area contributed by atoms with Gasteiger partial charge >= 0.3 is 0 Å². The summed E-state index contributed by atoms with van der Waals surface area (Å²) in [5.74, 6) is 0.942. The molecule has 1 aromatic carbocycles. The SMILES string of the molecule is Clc1cccc2c1OC1(CC[NH2+]CC1)CC2. The Morgan fingerprint density at radius 3 is 2.81 bits per heavy atom. The zero-order chi connectivity index (χ0) is 11.0. The Morgan fingerprint density at radius 2 is 2.00 bits per heavy atom. The van der Waals surface area contributed by atoms with Gasteiger partial charge in [-0.25, -0.2) is 0 Å². The Morgan fingerprint density at radius 1 is 1.19 bits per heavy atom. The fourth-order valence-electron chi connectivity index (χ4n) is 2.85.